The van der Waals surface area contributed by atoms with Crippen LogP contribution in [0.4, 0.5) is 4.39 Å². The first-order valence-corrected chi connectivity index (χ1v) is 13.3. The summed E-state index contributed by atoms with van der Waals surface area (Å²) in [7, 11) is 0. The van der Waals surface area contributed by atoms with Gasteiger partial charge >= 0.3 is 11.9 Å². The van der Waals surface area contributed by atoms with Crippen LogP contribution >= 0.6 is 11.8 Å². The second kappa shape index (κ2) is 15.9. The zero-order chi connectivity index (χ0) is 28.7. The van der Waals surface area contributed by atoms with Crippen LogP contribution in [0.3, 0.4) is 0 Å². The van der Waals surface area contributed by atoms with Crippen molar-refractivity contribution in [2.24, 2.45) is 0 Å². The molecule has 0 saturated carbocycles. The lowest BCUT2D eigenvalue weighted by Gasteiger charge is -2.08. The number of esters is 2. The Kier molecular flexibility index (Phi) is 12.0. The van der Waals surface area contributed by atoms with Crippen LogP contribution in [0.1, 0.15) is 29.6 Å². The lowest BCUT2D eigenvalue weighted by Crippen LogP contribution is -2.07. The maximum Gasteiger partial charge on any atom is 0.366 e. The van der Waals surface area contributed by atoms with Gasteiger partial charge in [0.05, 0.1) is 32.5 Å². The Morgan fingerprint density at radius 3 is 1.93 bits per heavy atom. The van der Waals surface area contributed by atoms with Crippen molar-refractivity contribution in [3.8, 4) is 22.6 Å². The Balaban J connectivity index is 1.42. The highest BCUT2D eigenvalue weighted by atomic mass is 32.2. The van der Waals surface area contributed by atoms with Crippen molar-refractivity contribution < 1.29 is 37.7 Å². The number of halogens is 1. The normalized spacial score (nSPS) is 10.3. The predicted octanol–water partition coefficient (Wildman–Crippen LogP) is 6.93. The number of benzene rings is 3. The number of rotatable bonds is 15. The molecule has 0 amide bonds. The van der Waals surface area contributed by atoms with Crippen LogP contribution in [0, 0.1) is 0 Å². The van der Waals surface area contributed by atoms with Crippen LogP contribution in [0.25, 0.3) is 11.1 Å². The van der Waals surface area contributed by atoms with Gasteiger partial charge in [-0.2, -0.15) is 4.39 Å². The zero-order valence-electron chi connectivity index (χ0n) is 21.8. The maximum absolute atomic E-state index is 12.7. The fourth-order valence-corrected chi connectivity index (χ4v) is 4.09. The van der Waals surface area contributed by atoms with E-state index in [9.17, 15) is 18.8 Å². The van der Waals surface area contributed by atoms with Crippen LogP contribution < -0.4 is 9.47 Å². The van der Waals surface area contributed by atoms with Crippen molar-refractivity contribution in [2.45, 2.75) is 24.2 Å². The predicted molar refractivity (Wildman–Crippen MR) is 151 cm³/mol. The quantitative estimate of drug-likeness (QED) is 0.0646. The van der Waals surface area contributed by atoms with E-state index in [-0.39, 0.29) is 24.7 Å². The summed E-state index contributed by atoms with van der Waals surface area (Å²) < 4.78 is 33.0. The van der Waals surface area contributed by atoms with Crippen LogP contribution in [-0.4, -0.2) is 36.9 Å². The highest BCUT2D eigenvalue weighted by Crippen LogP contribution is 2.28. The molecule has 0 saturated heterocycles. The molecular formula is C31H29FO7S. The minimum Gasteiger partial charge on any atom is -0.494 e. The highest BCUT2D eigenvalue weighted by Gasteiger charge is 2.10. The van der Waals surface area contributed by atoms with Crippen molar-refractivity contribution in [3.05, 3.63) is 104 Å². The topological polar surface area (TPSA) is 88.1 Å². The van der Waals surface area contributed by atoms with Crippen LogP contribution in [0.15, 0.2) is 103 Å². The van der Waals surface area contributed by atoms with Crippen LogP contribution in [0.2, 0.25) is 0 Å². The molecule has 3 aromatic carbocycles. The summed E-state index contributed by atoms with van der Waals surface area (Å²) >= 11 is 1.13. The van der Waals surface area contributed by atoms with Crippen molar-refractivity contribution in [2.75, 3.05) is 19.8 Å². The van der Waals surface area contributed by atoms with Gasteiger partial charge in [0, 0.05) is 10.5 Å². The third-order valence-electron chi connectivity index (χ3n) is 5.39. The molecule has 7 nitrogen and oxygen atoms in total. The van der Waals surface area contributed by atoms with E-state index >= 15 is 0 Å². The third kappa shape index (κ3) is 10.1. The average Bonchev–Trinajstić information content (AvgIpc) is 2.96. The van der Waals surface area contributed by atoms with E-state index in [4.69, 9.17) is 14.2 Å². The van der Waals surface area contributed by atoms with Crippen molar-refractivity contribution in [3.63, 3.8) is 0 Å². The van der Waals surface area contributed by atoms with Gasteiger partial charge in [0.2, 0.25) is 10.9 Å². The van der Waals surface area contributed by atoms with Gasteiger partial charge in [0.25, 0.3) is 0 Å². The maximum atomic E-state index is 12.7. The number of carbonyl (C=O) groups excluding carboxylic acids is 3. The summed E-state index contributed by atoms with van der Waals surface area (Å²) in [6.07, 6.45) is 2.38. The molecule has 0 aromatic heterocycles. The monoisotopic (exact) mass is 564 g/mol. The van der Waals surface area contributed by atoms with Gasteiger partial charge in [-0.1, -0.05) is 37.4 Å². The summed E-state index contributed by atoms with van der Waals surface area (Å²) in [6, 6.07) is 22.1. The largest absolute Gasteiger partial charge is 0.494 e. The molecule has 0 aliphatic heterocycles. The molecule has 3 aromatic rings. The van der Waals surface area contributed by atoms with Gasteiger partial charge in [-0.05, 0) is 84.3 Å². The van der Waals surface area contributed by atoms with Gasteiger partial charge in [-0.3, -0.25) is 9.59 Å². The minimum absolute atomic E-state index is 0.0959. The number of thioether (sulfide) groups is 1. The second-order valence-corrected chi connectivity index (χ2v) is 9.36. The first-order chi connectivity index (χ1) is 19.4. The molecule has 40 heavy (non-hydrogen) atoms. The SMILES string of the molecule is C=COC(=O)CCOc1ccc(C(=O)Sc2ccc(-c3ccc(OCCCCOC(=O)C(=C)F)cc3)cc2)cc1. The first-order valence-electron chi connectivity index (χ1n) is 12.5. The lowest BCUT2D eigenvalue weighted by atomic mass is 10.1. The summed E-state index contributed by atoms with van der Waals surface area (Å²) in [5.41, 5.74) is 2.54. The van der Waals surface area contributed by atoms with Crippen molar-refractivity contribution >= 4 is 28.8 Å². The standard InChI is InChI=1S/C31H29FO7S/c1-3-36-29(33)18-21-38-27-14-8-25(9-15-27)31(35)40-28-16-10-24(11-17-28)23-6-12-26(13-7-23)37-19-4-5-20-39-30(34)22(2)32/h3,6-17H,1-2,4-5,18-21H2. The highest BCUT2D eigenvalue weighted by molar-refractivity contribution is 8.14. The minimum atomic E-state index is -1.10. The summed E-state index contributed by atoms with van der Waals surface area (Å²) in [4.78, 5) is 35.8. The number of hydrogen-bond donors (Lipinski definition) is 0. The van der Waals surface area contributed by atoms with E-state index in [2.05, 4.69) is 17.9 Å². The summed E-state index contributed by atoms with van der Waals surface area (Å²) in [5, 5.41) is -0.0959. The molecule has 0 bridgehead atoms. The Labute approximate surface area is 236 Å². The average molecular weight is 565 g/mol. The molecule has 0 aliphatic rings. The van der Waals surface area contributed by atoms with E-state index in [1.54, 1.807) is 24.3 Å². The van der Waals surface area contributed by atoms with Crippen molar-refractivity contribution in [1.29, 1.82) is 0 Å². The Morgan fingerprint density at radius 2 is 1.32 bits per heavy atom. The van der Waals surface area contributed by atoms with Gasteiger partial charge in [0.15, 0.2) is 0 Å². The molecule has 0 heterocycles. The summed E-state index contributed by atoms with van der Waals surface area (Å²) in [5.74, 6) is -1.30. The second-order valence-electron chi connectivity index (χ2n) is 8.31. The van der Waals surface area contributed by atoms with Gasteiger partial charge in [0.1, 0.15) is 11.5 Å². The number of ether oxygens (including phenoxy) is 4. The fraction of sp³-hybridized carbons (Fsp3) is 0.194. The molecule has 208 valence electrons. The summed E-state index contributed by atoms with van der Waals surface area (Å²) in [6.45, 7) is 6.93. The molecule has 0 radical (unpaired) electrons. The van der Waals surface area contributed by atoms with E-state index in [1.807, 2.05) is 48.5 Å². The van der Waals surface area contributed by atoms with E-state index < -0.39 is 17.8 Å². The molecule has 9 heteroatoms. The molecule has 0 N–H and O–H groups in total. The van der Waals surface area contributed by atoms with Gasteiger partial charge in [-0.25, -0.2) is 4.79 Å². The Hall–Kier alpha value is -4.37. The van der Waals surface area contributed by atoms with Crippen molar-refractivity contribution in [1.82, 2.24) is 0 Å². The molecule has 0 aliphatic carbocycles. The fourth-order valence-electron chi connectivity index (χ4n) is 3.35. The number of carbonyl (C=O) groups is 3. The van der Waals surface area contributed by atoms with E-state index in [0.29, 0.717) is 36.5 Å². The Morgan fingerprint density at radius 1 is 0.775 bits per heavy atom. The molecule has 3 rings (SSSR count). The van der Waals surface area contributed by atoms with E-state index in [0.717, 1.165) is 34.0 Å². The zero-order valence-corrected chi connectivity index (χ0v) is 22.6. The molecule has 0 unspecified atom stereocenters. The molecule has 0 spiro atoms. The van der Waals surface area contributed by atoms with E-state index in [1.165, 1.54) is 0 Å². The smallest absolute Gasteiger partial charge is 0.366 e. The van der Waals surface area contributed by atoms with Crippen LogP contribution in [0.5, 0.6) is 11.5 Å². The molecular weight excluding hydrogens is 535 g/mol. The molecule has 0 atom stereocenters. The van der Waals surface area contributed by atoms with Gasteiger partial charge < -0.3 is 18.9 Å². The Bertz CT molecular complexity index is 1300. The third-order valence-corrected chi connectivity index (χ3v) is 6.32. The van der Waals surface area contributed by atoms with Crippen LogP contribution in [-0.2, 0) is 19.1 Å². The molecule has 0 fully saturated rings. The first kappa shape index (κ1) is 30.2. The number of unbranched alkanes of at least 4 members (excludes halogenated alkanes) is 1. The lowest BCUT2D eigenvalue weighted by molar-refractivity contribution is -0.141. The van der Waals surface area contributed by atoms with Gasteiger partial charge in [-0.15, -0.1) is 0 Å². The number of hydrogen-bond acceptors (Lipinski definition) is 8.